The van der Waals surface area contributed by atoms with E-state index in [-0.39, 0.29) is 11.3 Å². The van der Waals surface area contributed by atoms with E-state index in [9.17, 15) is 4.79 Å². The monoisotopic (exact) mass is 352 g/mol. The third kappa shape index (κ3) is 3.24. The number of rotatable bonds is 3. The number of nitrogens with one attached hydrogen (secondary N) is 1. The molecule has 0 atom stereocenters. The van der Waals surface area contributed by atoms with Gasteiger partial charge in [-0.3, -0.25) is 9.69 Å². The number of carbonyl (C=O) groups is 1. The zero-order valence-electron chi connectivity index (χ0n) is 12.3. The van der Waals surface area contributed by atoms with Gasteiger partial charge in [-0.05, 0) is 65.0 Å². The molecule has 0 bridgehead atoms. The quantitative estimate of drug-likeness (QED) is 0.908. The van der Waals surface area contributed by atoms with Crippen molar-refractivity contribution in [2.24, 2.45) is 5.41 Å². The highest BCUT2D eigenvalue weighted by Crippen LogP contribution is 2.38. The van der Waals surface area contributed by atoms with E-state index in [4.69, 9.17) is 4.74 Å². The molecule has 2 aliphatic rings. The van der Waals surface area contributed by atoms with Crippen molar-refractivity contribution in [3.63, 3.8) is 0 Å². The predicted octanol–water partition coefficient (Wildman–Crippen LogP) is 2.56. The number of halogens is 1. The number of methoxy groups -OCH3 is 1. The van der Waals surface area contributed by atoms with Crippen LogP contribution in [-0.4, -0.2) is 37.6 Å². The summed E-state index contributed by atoms with van der Waals surface area (Å²) in [6, 6.07) is 6.25. The Morgan fingerprint density at radius 1 is 1.38 bits per heavy atom. The molecule has 5 heteroatoms. The highest BCUT2D eigenvalue weighted by atomic mass is 79.9. The second-order valence-electron chi connectivity index (χ2n) is 6.20. The molecule has 0 radical (unpaired) electrons. The van der Waals surface area contributed by atoms with E-state index >= 15 is 0 Å². The van der Waals surface area contributed by atoms with Gasteiger partial charge in [0.05, 0.1) is 11.6 Å². The fourth-order valence-electron chi connectivity index (χ4n) is 3.36. The van der Waals surface area contributed by atoms with Gasteiger partial charge in [0.2, 0.25) is 5.91 Å². The van der Waals surface area contributed by atoms with Crippen molar-refractivity contribution in [3.8, 4) is 5.75 Å². The first-order chi connectivity index (χ1) is 10.1. The van der Waals surface area contributed by atoms with Crippen LogP contribution in [0.25, 0.3) is 0 Å². The lowest BCUT2D eigenvalue weighted by molar-refractivity contribution is -0.119. The third-order valence-electron chi connectivity index (χ3n) is 4.74. The van der Waals surface area contributed by atoms with Crippen molar-refractivity contribution in [3.05, 3.63) is 28.2 Å². The van der Waals surface area contributed by atoms with Crippen LogP contribution < -0.4 is 10.1 Å². The maximum Gasteiger partial charge on any atom is 0.220 e. The molecule has 114 valence electrons. The van der Waals surface area contributed by atoms with Gasteiger partial charge in [0.1, 0.15) is 5.75 Å². The van der Waals surface area contributed by atoms with Gasteiger partial charge >= 0.3 is 0 Å². The number of amides is 1. The number of likely N-dealkylation sites (tertiary alicyclic amines) is 1. The van der Waals surface area contributed by atoms with E-state index in [0.717, 1.165) is 55.7 Å². The molecule has 0 unspecified atom stereocenters. The van der Waals surface area contributed by atoms with E-state index in [2.05, 4.69) is 38.3 Å². The van der Waals surface area contributed by atoms with Gasteiger partial charge < -0.3 is 10.1 Å². The van der Waals surface area contributed by atoms with Gasteiger partial charge in [-0.25, -0.2) is 0 Å². The van der Waals surface area contributed by atoms with Gasteiger partial charge in [0.15, 0.2) is 0 Å². The minimum Gasteiger partial charge on any atom is -0.496 e. The SMILES string of the molecule is COc1ccc(CN2CCC3(CC2)CNC(=O)C3)cc1Br. The van der Waals surface area contributed by atoms with Crippen molar-refractivity contribution in [2.75, 3.05) is 26.7 Å². The van der Waals surface area contributed by atoms with Crippen molar-refractivity contribution < 1.29 is 9.53 Å². The van der Waals surface area contributed by atoms with Crippen molar-refractivity contribution in [1.82, 2.24) is 10.2 Å². The van der Waals surface area contributed by atoms with Crippen LogP contribution in [0, 0.1) is 5.41 Å². The first kappa shape index (κ1) is 14.9. The van der Waals surface area contributed by atoms with Crippen LogP contribution in [0.1, 0.15) is 24.8 Å². The van der Waals surface area contributed by atoms with Gasteiger partial charge in [-0.15, -0.1) is 0 Å². The molecular formula is C16H21BrN2O2. The Balaban J connectivity index is 1.58. The Hall–Kier alpha value is -1.07. The number of piperidine rings is 1. The molecule has 1 aromatic carbocycles. The number of nitrogens with zero attached hydrogens (tertiary/aromatic N) is 1. The second-order valence-corrected chi connectivity index (χ2v) is 7.05. The highest BCUT2D eigenvalue weighted by molar-refractivity contribution is 9.10. The normalized spacial score (nSPS) is 21.5. The van der Waals surface area contributed by atoms with Crippen molar-refractivity contribution >= 4 is 21.8 Å². The minimum atomic E-state index is 0.225. The molecule has 1 aromatic rings. The summed E-state index contributed by atoms with van der Waals surface area (Å²) in [5.41, 5.74) is 1.52. The fraction of sp³-hybridized carbons (Fsp3) is 0.562. The lowest BCUT2D eigenvalue weighted by Crippen LogP contribution is -2.40. The van der Waals surface area contributed by atoms with Crippen LogP contribution in [0.5, 0.6) is 5.75 Å². The molecule has 2 heterocycles. The fourth-order valence-corrected chi connectivity index (χ4v) is 3.95. The maximum atomic E-state index is 11.4. The molecule has 1 spiro atoms. The highest BCUT2D eigenvalue weighted by Gasteiger charge is 2.40. The molecular weight excluding hydrogens is 332 g/mol. The van der Waals surface area contributed by atoms with E-state index in [0.29, 0.717) is 0 Å². The molecule has 2 saturated heterocycles. The number of carbonyl (C=O) groups excluding carboxylic acids is 1. The molecule has 4 nitrogen and oxygen atoms in total. The summed E-state index contributed by atoms with van der Waals surface area (Å²) in [4.78, 5) is 13.9. The minimum absolute atomic E-state index is 0.225. The molecule has 21 heavy (non-hydrogen) atoms. The number of hydrogen-bond acceptors (Lipinski definition) is 3. The van der Waals surface area contributed by atoms with Crippen LogP contribution in [-0.2, 0) is 11.3 Å². The van der Waals surface area contributed by atoms with Crippen molar-refractivity contribution in [2.45, 2.75) is 25.8 Å². The Morgan fingerprint density at radius 2 is 2.14 bits per heavy atom. The molecule has 0 aliphatic carbocycles. The van der Waals surface area contributed by atoms with Crippen LogP contribution in [0.3, 0.4) is 0 Å². The summed E-state index contributed by atoms with van der Waals surface area (Å²) in [7, 11) is 1.68. The van der Waals surface area contributed by atoms with Crippen LogP contribution in [0.15, 0.2) is 22.7 Å². The topological polar surface area (TPSA) is 41.6 Å². The molecule has 2 aliphatic heterocycles. The molecule has 1 N–H and O–H groups in total. The van der Waals surface area contributed by atoms with E-state index < -0.39 is 0 Å². The van der Waals surface area contributed by atoms with Gasteiger partial charge in [-0.1, -0.05) is 6.07 Å². The average molecular weight is 353 g/mol. The molecule has 0 aromatic heterocycles. The summed E-state index contributed by atoms with van der Waals surface area (Å²) in [6.45, 7) is 3.96. The first-order valence-corrected chi connectivity index (χ1v) is 8.21. The molecule has 3 rings (SSSR count). The summed E-state index contributed by atoms with van der Waals surface area (Å²) in [6.07, 6.45) is 2.95. The lowest BCUT2D eigenvalue weighted by atomic mass is 9.77. The van der Waals surface area contributed by atoms with Crippen LogP contribution in [0.2, 0.25) is 0 Å². The standard InChI is InChI=1S/C16H21BrN2O2/c1-21-14-3-2-12(8-13(14)17)10-19-6-4-16(5-7-19)9-15(20)18-11-16/h2-3,8H,4-7,9-11H2,1H3,(H,18,20). The van der Waals surface area contributed by atoms with E-state index in [1.165, 1.54) is 5.56 Å². The van der Waals surface area contributed by atoms with E-state index in [1.54, 1.807) is 7.11 Å². The van der Waals surface area contributed by atoms with Crippen LogP contribution in [0.4, 0.5) is 0 Å². The molecule has 2 fully saturated rings. The Labute approximate surface area is 134 Å². The third-order valence-corrected chi connectivity index (χ3v) is 5.35. The molecule has 1 amide bonds. The summed E-state index contributed by atoms with van der Waals surface area (Å²) < 4.78 is 6.27. The zero-order valence-corrected chi connectivity index (χ0v) is 13.9. The number of hydrogen-bond donors (Lipinski definition) is 1. The van der Waals surface area contributed by atoms with Crippen LogP contribution >= 0.6 is 15.9 Å². The first-order valence-electron chi connectivity index (χ1n) is 7.42. The molecule has 0 saturated carbocycles. The van der Waals surface area contributed by atoms with E-state index in [1.807, 2.05) is 6.07 Å². The lowest BCUT2D eigenvalue weighted by Gasteiger charge is -2.38. The number of benzene rings is 1. The Morgan fingerprint density at radius 3 is 2.71 bits per heavy atom. The summed E-state index contributed by atoms with van der Waals surface area (Å²) in [5.74, 6) is 1.09. The summed E-state index contributed by atoms with van der Waals surface area (Å²) >= 11 is 3.54. The van der Waals surface area contributed by atoms with Gasteiger partial charge in [-0.2, -0.15) is 0 Å². The smallest absolute Gasteiger partial charge is 0.220 e. The zero-order chi connectivity index (χ0) is 14.9. The van der Waals surface area contributed by atoms with Gasteiger partial charge in [0, 0.05) is 19.5 Å². The average Bonchev–Trinajstić information content (AvgIpc) is 2.83. The summed E-state index contributed by atoms with van der Waals surface area (Å²) in [5, 5.41) is 2.99. The van der Waals surface area contributed by atoms with Gasteiger partial charge in [0.25, 0.3) is 0 Å². The Kier molecular flexibility index (Phi) is 4.22. The maximum absolute atomic E-state index is 11.4. The second kappa shape index (κ2) is 5.97. The number of ether oxygens (including phenoxy) is 1. The predicted molar refractivity (Wildman–Crippen MR) is 85.3 cm³/mol. The Bertz CT molecular complexity index is 539. The van der Waals surface area contributed by atoms with Crippen molar-refractivity contribution in [1.29, 1.82) is 0 Å². The largest absolute Gasteiger partial charge is 0.496 e.